The van der Waals surface area contributed by atoms with E-state index in [0.29, 0.717) is 6.04 Å². The number of fused-ring (bicyclic) bond motifs is 1. The molecule has 1 fully saturated rings. The van der Waals surface area contributed by atoms with E-state index in [1.54, 1.807) is 0 Å². The summed E-state index contributed by atoms with van der Waals surface area (Å²) in [5, 5.41) is 3.59. The second-order valence-electron chi connectivity index (χ2n) is 6.13. The molecule has 0 amide bonds. The van der Waals surface area contributed by atoms with Crippen molar-refractivity contribution in [3.05, 3.63) is 29.8 Å². The molecule has 1 unspecified atom stereocenters. The number of piperidine rings is 1. The van der Waals surface area contributed by atoms with E-state index in [2.05, 4.69) is 53.5 Å². The summed E-state index contributed by atoms with van der Waals surface area (Å²) in [5.74, 6) is 0. The molecule has 0 spiro atoms. The lowest BCUT2D eigenvalue weighted by atomic mass is 9.95. The Balaban J connectivity index is 1.60. The number of hydrogen-bond donors (Lipinski definition) is 1. The number of anilines is 1. The van der Waals surface area contributed by atoms with E-state index in [0.717, 1.165) is 12.6 Å². The molecule has 1 aromatic carbocycles. The topological polar surface area (TPSA) is 18.5 Å². The maximum absolute atomic E-state index is 3.59. The molecule has 2 aliphatic rings. The Morgan fingerprint density at radius 2 is 1.89 bits per heavy atom. The van der Waals surface area contributed by atoms with Gasteiger partial charge in [0.2, 0.25) is 0 Å². The summed E-state index contributed by atoms with van der Waals surface area (Å²) in [6, 6.07) is 10.2. The first-order chi connectivity index (χ1) is 9.24. The van der Waals surface area contributed by atoms with E-state index < -0.39 is 0 Å². The molecule has 1 saturated heterocycles. The minimum absolute atomic E-state index is 0.679. The van der Waals surface area contributed by atoms with Crippen molar-refractivity contribution in [1.82, 2.24) is 9.80 Å². The Morgan fingerprint density at radius 1 is 1.16 bits per heavy atom. The van der Waals surface area contributed by atoms with E-state index in [4.69, 9.17) is 0 Å². The summed E-state index contributed by atoms with van der Waals surface area (Å²) < 4.78 is 0. The van der Waals surface area contributed by atoms with Crippen LogP contribution >= 0.6 is 0 Å². The van der Waals surface area contributed by atoms with Gasteiger partial charge in [-0.25, -0.2) is 0 Å². The van der Waals surface area contributed by atoms with E-state index in [1.165, 1.54) is 43.6 Å². The number of hydrogen-bond acceptors (Lipinski definition) is 3. The molecule has 3 nitrogen and oxygen atoms in total. The number of likely N-dealkylation sites (tertiary alicyclic amines) is 1. The van der Waals surface area contributed by atoms with Crippen molar-refractivity contribution in [2.45, 2.75) is 31.3 Å². The minimum Gasteiger partial charge on any atom is -0.383 e. The zero-order chi connectivity index (χ0) is 13.2. The zero-order valence-electron chi connectivity index (χ0n) is 12.1. The summed E-state index contributed by atoms with van der Waals surface area (Å²) in [4.78, 5) is 5.06. The number of nitrogens with zero attached hydrogens (tertiary/aromatic N) is 2. The van der Waals surface area contributed by atoms with Crippen LogP contribution in [0, 0.1) is 0 Å². The average molecular weight is 259 g/mol. The van der Waals surface area contributed by atoms with Gasteiger partial charge in [0.25, 0.3) is 0 Å². The second kappa shape index (κ2) is 5.51. The highest BCUT2D eigenvalue weighted by molar-refractivity contribution is 5.53. The Bertz CT molecular complexity index is 422. The largest absolute Gasteiger partial charge is 0.383 e. The molecular weight excluding hydrogens is 234 g/mol. The van der Waals surface area contributed by atoms with Gasteiger partial charge in [0.1, 0.15) is 0 Å². The van der Waals surface area contributed by atoms with Gasteiger partial charge in [0.15, 0.2) is 0 Å². The molecular formula is C16H25N3. The normalized spacial score (nSPS) is 25.1. The van der Waals surface area contributed by atoms with Crippen LogP contribution in [0.3, 0.4) is 0 Å². The lowest BCUT2D eigenvalue weighted by molar-refractivity contribution is 0.111. The number of nitrogens with one attached hydrogen (secondary N) is 1. The lowest BCUT2D eigenvalue weighted by Crippen LogP contribution is -2.50. The molecule has 0 bridgehead atoms. The van der Waals surface area contributed by atoms with Gasteiger partial charge in [0.05, 0.1) is 0 Å². The summed E-state index contributed by atoms with van der Waals surface area (Å²) >= 11 is 0. The van der Waals surface area contributed by atoms with E-state index in [1.807, 2.05) is 0 Å². The first-order valence-corrected chi connectivity index (χ1v) is 7.46. The van der Waals surface area contributed by atoms with Crippen LogP contribution in [0.2, 0.25) is 0 Å². The highest BCUT2D eigenvalue weighted by Gasteiger charge is 2.28. The highest BCUT2D eigenvalue weighted by Crippen LogP contribution is 2.25. The monoisotopic (exact) mass is 259 g/mol. The Hall–Kier alpha value is -1.06. The van der Waals surface area contributed by atoms with Crippen molar-refractivity contribution in [1.29, 1.82) is 0 Å². The third-order valence-electron chi connectivity index (χ3n) is 4.75. The Morgan fingerprint density at radius 3 is 2.63 bits per heavy atom. The van der Waals surface area contributed by atoms with Crippen molar-refractivity contribution < 1.29 is 0 Å². The van der Waals surface area contributed by atoms with Gasteiger partial charge in [0, 0.05) is 37.4 Å². The molecule has 1 aromatic rings. The zero-order valence-corrected chi connectivity index (χ0v) is 12.1. The van der Waals surface area contributed by atoms with Gasteiger partial charge >= 0.3 is 0 Å². The SMILES string of the molecule is CN(C)C1CCN(C2CNc3ccccc3C2)CC1. The van der Waals surface area contributed by atoms with Crippen molar-refractivity contribution in [2.24, 2.45) is 0 Å². The molecule has 3 heteroatoms. The summed E-state index contributed by atoms with van der Waals surface area (Å²) in [7, 11) is 4.41. The molecule has 0 radical (unpaired) electrons. The second-order valence-corrected chi connectivity index (χ2v) is 6.13. The van der Waals surface area contributed by atoms with Gasteiger partial charge < -0.3 is 10.2 Å². The molecule has 19 heavy (non-hydrogen) atoms. The highest BCUT2D eigenvalue weighted by atomic mass is 15.2. The third kappa shape index (κ3) is 2.77. The molecule has 0 saturated carbocycles. The molecule has 2 heterocycles. The molecule has 2 aliphatic heterocycles. The number of benzene rings is 1. The van der Waals surface area contributed by atoms with Crippen molar-refractivity contribution >= 4 is 5.69 Å². The fourth-order valence-electron chi connectivity index (χ4n) is 3.45. The van der Waals surface area contributed by atoms with Crippen LogP contribution in [0.1, 0.15) is 18.4 Å². The summed E-state index contributed by atoms with van der Waals surface area (Å²) in [5.41, 5.74) is 2.82. The smallest absolute Gasteiger partial charge is 0.0373 e. The first kappa shape index (κ1) is 12.9. The van der Waals surface area contributed by atoms with Crippen LogP contribution in [-0.4, -0.2) is 55.6 Å². The predicted octanol–water partition coefficient (Wildman–Crippen LogP) is 2.05. The fourth-order valence-corrected chi connectivity index (χ4v) is 3.45. The fraction of sp³-hybridized carbons (Fsp3) is 0.625. The molecule has 0 aromatic heterocycles. The van der Waals surface area contributed by atoms with Gasteiger partial charge in [-0.1, -0.05) is 18.2 Å². The maximum Gasteiger partial charge on any atom is 0.0373 e. The predicted molar refractivity (Wildman–Crippen MR) is 80.7 cm³/mol. The van der Waals surface area contributed by atoms with Crippen molar-refractivity contribution in [3.63, 3.8) is 0 Å². The molecule has 0 aliphatic carbocycles. The van der Waals surface area contributed by atoms with Gasteiger partial charge in [-0.2, -0.15) is 0 Å². The van der Waals surface area contributed by atoms with E-state index in [-0.39, 0.29) is 0 Å². The minimum atomic E-state index is 0.679. The van der Waals surface area contributed by atoms with Gasteiger partial charge in [-0.05, 0) is 45.0 Å². The Kier molecular flexibility index (Phi) is 3.76. The van der Waals surface area contributed by atoms with Crippen molar-refractivity contribution in [3.8, 4) is 0 Å². The van der Waals surface area contributed by atoms with Gasteiger partial charge in [-0.15, -0.1) is 0 Å². The first-order valence-electron chi connectivity index (χ1n) is 7.46. The van der Waals surface area contributed by atoms with Crippen LogP contribution in [0.15, 0.2) is 24.3 Å². The lowest BCUT2D eigenvalue weighted by Gasteiger charge is -2.41. The molecule has 104 valence electrons. The van der Waals surface area contributed by atoms with Crippen LogP contribution in [0.5, 0.6) is 0 Å². The van der Waals surface area contributed by atoms with Crippen LogP contribution in [0.4, 0.5) is 5.69 Å². The average Bonchev–Trinajstić information content (AvgIpc) is 2.47. The van der Waals surface area contributed by atoms with Crippen LogP contribution in [0.25, 0.3) is 0 Å². The third-order valence-corrected chi connectivity index (χ3v) is 4.75. The quantitative estimate of drug-likeness (QED) is 0.877. The van der Waals surface area contributed by atoms with Crippen LogP contribution in [-0.2, 0) is 6.42 Å². The summed E-state index contributed by atoms with van der Waals surface area (Å²) in [6.07, 6.45) is 3.83. The van der Waals surface area contributed by atoms with E-state index >= 15 is 0 Å². The maximum atomic E-state index is 3.59. The number of para-hydroxylation sites is 1. The Labute approximate surface area is 116 Å². The molecule has 1 N–H and O–H groups in total. The van der Waals surface area contributed by atoms with Crippen molar-refractivity contribution in [2.75, 3.05) is 39.0 Å². The molecule has 3 rings (SSSR count). The standard InChI is InChI=1S/C16H25N3/c1-18(2)14-7-9-19(10-8-14)15-11-13-5-3-4-6-16(13)17-12-15/h3-6,14-15,17H,7-12H2,1-2H3. The number of rotatable bonds is 2. The summed E-state index contributed by atoms with van der Waals surface area (Å²) in [6.45, 7) is 3.60. The van der Waals surface area contributed by atoms with E-state index in [9.17, 15) is 0 Å². The molecule has 1 atom stereocenters. The van der Waals surface area contributed by atoms with Gasteiger partial charge in [-0.3, -0.25) is 4.90 Å². The van der Waals surface area contributed by atoms with Crippen LogP contribution < -0.4 is 5.32 Å².